The minimum absolute atomic E-state index is 0.159. The zero-order chi connectivity index (χ0) is 18.8. The highest BCUT2D eigenvalue weighted by Gasteiger charge is 2.28. The highest BCUT2D eigenvalue weighted by molar-refractivity contribution is 5.83. The van der Waals surface area contributed by atoms with Crippen LogP contribution in [0.25, 0.3) is 10.9 Å². The number of para-hydroxylation sites is 1. The molecule has 3 aromatic rings. The maximum absolute atomic E-state index is 12.7. The molecule has 7 nitrogen and oxygen atoms in total. The molecule has 1 aliphatic rings. The van der Waals surface area contributed by atoms with Gasteiger partial charge in [0.05, 0.1) is 12.6 Å². The number of aromatic nitrogens is 4. The monoisotopic (exact) mass is 367 g/mol. The van der Waals surface area contributed by atoms with E-state index >= 15 is 0 Å². The van der Waals surface area contributed by atoms with Crippen molar-refractivity contribution in [3.05, 3.63) is 47.7 Å². The molecule has 0 bridgehead atoms. The van der Waals surface area contributed by atoms with Gasteiger partial charge in [0.2, 0.25) is 5.91 Å². The summed E-state index contributed by atoms with van der Waals surface area (Å²) in [5, 5.41) is 9.70. The van der Waals surface area contributed by atoms with E-state index in [9.17, 15) is 4.79 Å². The summed E-state index contributed by atoms with van der Waals surface area (Å²) >= 11 is 0. The highest BCUT2D eigenvalue weighted by atomic mass is 16.5. The third-order valence-electron chi connectivity index (χ3n) is 5.23. The SMILES string of the molecule is COCc1nnc2n1[C@@H](C)CN(C(=O)CCCc1c[nH]c3ccccc13)C2. The Morgan fingerprint density at radius 2 is 2.19 bits per heavy atom. The average Bonchev–Trinajstić information content (AvgIpc) is 3.27. The summed E-state index contributed by atoms with van der Waals surface area (Å²) in [5.74, 6) is 1.85. The summed E-state index contributed by atoms with van der Waals surface area (Å²) in [4.78, 5) is 17.9. The molecular formula is C20H25N5O2. The van der Waals surface area contributed by atoms with Crippen LogP contribution in [0.5, 0.6) is 0 Å². The Morgan fingerprint density at radius 3 is 3.04 bits per heavy atom. The fourth-order valence-electron chi connectivity index (χ4n) is 3.96. The van der Waals surface area contributed by atoms with E-state index in [1.54, 1.807) is 7.11 Å². The molecule has 0 radical (unpaired) electrons. The Bertz CT molecular complexity index is 945. The van der Waals surface area contributed by atoms with Gasteiger partial charge in [-0.25, -0.2) is 0 Å². The number of hydrogen-bond donors (Lipinski definition) is 1. The Kier molecular flexibility index (Phi) is 4.94. The fraction of sp³-hybridized carbons (Fsp3) is 0.450. The molecule has 1 amide bonds. The Morgan fingerprint density at radius 1 is 1.33 bits per heavy atom. The molecule has 1 N–H and O–H groups in total. The van der Waals surface area contributed by atoms with Crippen molar-refractivity contribution in [1.29, 1.82) is 0 Å². The molecule has 3 heterocycles. The first-order chi connectivity index (χ1) is 13.2. The first kappa shape index (κ1) is 17.7. The molecule has 0 unspecified atom stereocenters. The maximum atomic E-state index is 12.7. The van der Waals surface area contributed by atoms with E-state index in [2.05, 4.69) is 45.0 Å². The molecule has 7 heteroatoms. The number of ether oxygens (including phenoxy) is 1. The number of fused-ring (bicyclic) bond motifs is 2. The molecular weight excluding hydrogens is 342 g/mol. The number of nitrogens with one attached hydrogen (secondary N) is 1. The number of hydrogen-bond acceptors (Lipinski definition) is 4. The molecule has 27 heavy (non-hydrogen) atoms. The Balaban J connectivity index is 1.36. The number of H-pyrrole nitrogens is 1. The van der Waals surface area contributed by atoms with E-state index in [4.69, 9.17) is 4.74 Å². The van der Waals surface area contributed by atoms with Crippen molar-refractivity contribution >= 4 is 16.8 Å². The summed E-state index contributed by atoms with van der Waals surface area (Å²) in [6, 6.07) is 8.44. The van der Waals surface area contributed by atoms with Crippen molar-refractivity contribution in [2.45, 2.75) is 45.4 Å². The fourth-order valence-corrected chi connectivity index (χ4v) is 3.96. The number of amides is 1. The third kappa shape index (κ3) is 3.47. The first-order valence-corrected chi connectivity index (χ1v) is 9.41. The van der Waals surface area contributed by atoms with Gasteiger partial charge in [-0.05, 0) is 31.4 Å². The van der Waals surface area contributed by atoms with Crippen LogP contribution in [0, 0.1) is 0 Å². The van der Waals surface area contributed by atoms with E-state index in [1.165, 1.54) is 10.9 Å². The molecule has 0 fully saturated rings. The Hall–Kier alpha value is -2.67. The van der Waals surface area contributed by atoms with Crippen molar-refractivity contribution in [1.82, 2.24) is 24.6 Å². The summed E-state index contributed by atoms with van der Waals surface area (Å²) in [5.41, 5.74) is 2.42. The van der Waals surface area contributed by atoms with Crippen molar-refractivity contribution in [3.63, 3.8) is 0 Å². The van der Waals surface area contributed by atoms with Crippen molar-refractivity contribution in [2.24, 2.45) is 0 Å². The lowest BCUT2D eigenvalue weighted by atomic mass is 10.1. The highest BCUT2D eigenvalue weighted by Crippen LogP contribution is 2.23. The second-order valence-corrected chi connectivity index (χ2v) is 7.17. The van der Waals surface area contributed by atoms with Gasteiger partial charge in [-0.2, -0.15) is 0 Å². The van der Waals surface area contributed by atoms with Crippen LogP contribution in [0.4, 0.5) is 0 Å². The second-order valence-electron chi connectivity index (χ2n) is 7.17. The normalized spacial score (nSPS) is 16.7. The molecule has 1 aromatic carbocycles. The van der Waals surface area contributed by atoms with Gasteiger partial charge in [0.15, 0.2) is 11.6 Å². The van der Waals surface area contributed by atoms with Crippen LogP contribution in [0.15, 0.2) is 30.5 Å². The van der Waals surface area contributed by atoms with Crippen molar-refractivity contribution in [3.8, 4) is 0 Å². The number of carbonyl (C=O) groups is 1. The molecule has 0 saturated heterocycles. The summed E-state index contributed by atoms with van der Waals surface area (Å²) in [6.07, 6.45) is 4.34. The van der Waals surface area contributed by atoms with Gasteiger partial charge in [0, 0.05) is 37.2 Å². The van der Waals surface area contributed by atoms with Crippen molar-refractivity contribution in [2.75, 3.05) is 13.7 Å². The third-order valence-corrected chi connectivity index (χ3v) is 5.23. The van der Waals surface area contributed by atoms with Crippen molar-refractivity contribution < 1.29 is 9.53 Å². The van der Waals surface area contributed by atoms with Gasteiger partial charge >= 0.3 is 0 Å². The molecule has 0 spiro atoms. The molecule has 1 atom stereocenters. The second kappa shape index (κ2) is 7.52. The zero-order valence-electron chi connectivity index (χ0n) is 15.8. The van der Waals surface area contributed by atoms with Gasteiger partial charge < -0.3 is 19.2 Å². The molecule has 4 rings (SSSR count). The predicted octanol–water partition coefficient (Wildman–Crippen LogP) is 2.83. The average molecular weight is 367 g/mol. The van der Waals surface area contributed by atoms with Crippen LogP contribution in [-0.4, -0.2) is 44.2 Å². The minimum Gasteiger partial charge on any atom is -0.377 e. The number of aryl methyl sites for hydroxylation is 1. The van der Waals surface area contributed by atoms with E-state index < -0.39 is 0 Å². The number of nitrogens with zero attached hydrogens (tertiary/aromatic N) is 4. The van der Waals surface area contributed by atoms with Gasteiger partial charge in [-0.1, -0.05) is 18.2 Å². The Labute approximate surface area is 158 Å². The van der Waals surface area contributed by atoms with Gasteiger partial charge in [-0.15, -0.1) is 10.2 Å². The smallest absolute Gasteiger partial charge is 0.223 e. The lowest BCUT2D eigenvalue weighted by molar-refractivity contribution is -0.133. The number of aromatic amines is 1. The van der Waals surface area contributed by atoms with Crippen LogP contribution in [0.2, 0.25) is 0 Å². The summed E-state index contributed by atoms with van der Waals surface area (Å²) in [6.45, 7) is 3.74. The van der Waals surface area contributed by atoms with Crippen LogP contribution >= 0.6 is 0 Å². The molecule has 0 saturated carbocycles. The molecule has 1 aliphatic heterocycles. The zero-order valence-corrected chi connectivity index (χ0v) is 15.8. The molecule has 0 aliphatic carbocycles. The standard InChI is InChI=1S/C20H25N5O2/c1-14-11-24(12-18-22-23-19(13-27-2)25(14)18)20(26)9-5-6-15-10-21-17-8-4-3-7-16(15)17/h3-4,7-8,10,14,21H,5-6,9,11-13H2,1-2H3/t14-/m0/s1. The van der Waals surface area contributed by atoms with Crippen LogP contribution in [0.1, 0.15) is 43.0 Å². The van der Waals surface area contributed by atoms with E-state index in [0.717, 1.165) is 30.0 Å². The van der Waals surface area contributed by atoms with E-state index in [1.807, 2.05) is 17.0 Å². The number of rotatable bonds is 6. The number of benzene rings is 1. The van der Waals surface area contributed by atoms with Gasteiger partial charge in [0.1, 0.15) is 6.61 Å². The first-order valence-electron chi connectivity index (χ1n) is 9.41. The van der Waals surface area contributed by atoms with Crippen LogP contribution < -0.4 is 0 Å². The number of methoxy groups -OCH3 is 1. The van der Waals surface area contributed by atoms with Crippen LogP contribution in [0.3, 0.4) is 0 Å². The van der Waals surface area contributed by atoms with Crippen LogP contribution in [-0.2, 0) is 29.1 Å². The number of carbonyl (C=O) groups excluding carboxylic acids is 1. The molecule has 2 aromatic heterocycles. The van der Waals surface area contributed by atoms with E-state index in [-0.39, 0.29) is 11.9 Å². The summed E-state index contributed by atoms with van der Waals surface area (Å²) < 4.78 is 7.28. The maximum Gasteiger partial charge on any atom is 0.223 e. The van der Waals surface area contributed by atoms with Gasteiger partial charge in [-0.3, -0.25) is 4.79 Å². The largest absolute Gasteiger partial charge is 0.377 e. The molecule has 142 valence electrons. The lowest BCUT2D eigenvalue weighted by Crippen LogP contribution is -2.40. The predicted molar refractivity (Wildman–Crippen MR) is 102 cm³/mol. The topological polar surface area (TPSA) is 76.0 Å². The van der Waals surface area contributed by atoms with E-state index in [0.29, 0.717) is 26.1 Å². The van der Waals surface area contributed by atoms with Gasteiger partial charge in [0.25, 0.3) is 0 Å². The summed E-state index contributed by atoms with van der Waals surface area (Å²) in [7, 11) is 1.65. The quantitative estimate of drug-likeness (QED) is 0.727. The minimum atomic E-state index is 0.159. The lowest BCUT2D eigenvalue weighted by Gasteiger charge is -2.32.